The van der Waals surface area contributed by atoms with Gasteiger partial charge in [0.1, 0.15) is 0 Å². The SMILES string of the molecule is C/C(=N\Nc1nc2ccccc2[nH]1)c1ccc(C)c([N+](=O)[O-])c1. The summed E-state index contributed by atoms with van der Waals surface area (Å²) in [4.78, 5) is 18.1. The van der Waals surface area contributed by atoms with Crippen LogP contribution in [0, 0.1) is 17.0 Å². The van der Waals surface area contributed by atoms with E-state index < -0.39 is 4.92 Å². The summed E-state index contributed by atoms with van der Waals surface area (Å²) in [6.07, 6.45) is 0. The number of anilines is 1. The Morgan fingerprint density at radius 2 is 2.09 bits per heavy atom. The zero-order valence-corrected chi connectivity index (χ0v) is 12.7. The van der Waals surface area contributed by atoms with Gasteiger partial charge in [0, 0.05) is 17.2 Å². The molecule has 0 fully saturated rings. The molecule has 116 valence electrons. The number of para-hydroxylation sites is 2. The number of nitro benzene ring substituents is 1. The Morgan fingerprint density at radius 3 is 2.83 bits per heavy atom. The third kappa shape index (κ3) is 3.03. The molecule has 0 aliphatic rings. The molecule has 2 aromatic carbocycles. The summed E-state index contributed by atoms with van der Waals surface area (Å²) in [5.41, 5.74) is 6.62. The lowest BCUT2D eigenvalue weighted by molar-refractivity contribution is -0.385. The molecule has 0 radical (unpaired) electrons. The van der Waals surface area contributed by atoms with Gasteiger partial charge < -0.3 is 4.98 Å². The average molecular weight is 309 g/mol. The second-order valence-electron chi connectivity index (χ2n) is 5.17. The minimum atomic E-state index is -0.390. The summed E-state index contributed by atoms with van der Waals surface area (Å²) in [7, 11) is 0. The Labute approximate surface area is 132 Å². The highest BCUT2D eigenvalue weighted by Gasteiger charge is 2.12. The van der Waals surface area contributed by atoms with Crippen LogP contribution in [0.3, 0.4) is 0 Å². The molecule has 0 unspecified atom stereocenters. The van der Waals surface area contributed by atoms with E-state index >= 15 is 0 Å². The highest BCUT2D eigenvalue weighted by atomic mass is 16.6. The summed E-state index contributed by atoms with van der Waals surface area (Å²) in [6.45, 7) is 3.49. The number of aromatic nitrogens is 2. The smallest absolute Gasteiger partial charge is 0.272 e. The number of H-pyrrole nitrogens is 1. The third-order valence-corrected chi connectivity index (χ3v) is 3.54. The summed E-state index contributed by atoms with van der Waals surface area (Å²) in [6, 6.07) is 12.7. The number of imidazole rings is 1. The Hall–Kier alpha value is -3.22. The van der Waals surface area contributed by atoms with Gasteiger partial charge in [-0.2, -0.15) is 5.10 Å². The lowest BCUT2D eigenvalue weighted by atomic mass is 10.1. The molecule has 2 N–H and O–H groups in total. The average Bonchev–Trinajstić information content (AvgIpc) is 2.95. The lowest BCUT2D eigenvalue weighted by Crippen LogP contribution is -2.02. The van der Waals surface area contributed by atoms with E-state index in [-0.39, 0.29) is 5.69 Å². The van der Waals surface area contributed by atoms with Crippen molar-refractivity contribution >= 4 is 28.4 Å². The van der Waals surface area contributed by atoms with Gasteiger partial charge in [0.15, 0.2) is 0 Å². The zero-order valence-electron chi connectivity index (χ0n) is 12.7. The van der Waals surface area contributed by atoms with Gasteiger partial charge in [0.25, 0.3) is 5.69 Å². The summed E-state index contributed by atoms with van der Waals surface area (Å²) in [5, 5.41) is 15.3. The molecule has 0 spiro atoms. The third-order valence-electron chi connectivity index (χ3n) is 3.54. The number of aromatic amines is 1. The van der Waals surface area contributed by atoms with Crippen LogP contribution in [0.2, 0.25) is 0 Å². The van der Waals surface area contributed by atoms with E-state index in [2.05, 4.69) is 20.5 Å². The zero-order chi connectivity index (χ0) is 16.4. The van der Waals surface area contributed by atoms with Crippen molar-refractivity contribution in [3.8, 4) is 0 Å². The van der Waals surface area contributed by atoms with Gasteiger partial charge in [0.05, 0.1) is 21.7 Å². The predicted octanol–water partition coefficient (Wildman–Crippen LogP) is 3.62. The van der Waals surface area contributed by atoms with Crippen molar-refractivity contribution in [2.75, 3.05) is 5.43 Å². The van der Waals surface area contributed by atoms with Crippen LogP contribution in [0.15, 0.2) is 47.6 Å². The van der Waals surface area contributed by atoms with Crippen LogP contribution >= 0.6 is 0 Å². The maximum atomic E-state index is 11.0. The second-order valence-corrected chi connectivity index (χ2v) is 5.17. The van der Waals surface area contributed by atoms with Crippen molar-refractivity contribution in [2.24, 2.45) is 5.10 Å². The molecular formula is C16H15N5O2. The number of nitrogens with one attached hydrogen (secondary N) is 2. The number of hydrogen-bond donors (Lipinski definition) is 2. The van der Waals surface area contributed by atoms with Crippen LogP contribution < -0.4 is 5.43 Å². The quantitative estimate of drug-likeness (QED) is 0.437. The van der Waals surface area contributed by atoms with Crippen LogP contribution in [0.5, 0.6) is 0 Å². The van der Waals surface area contributed by atoms with Crippen molar-refractivity contribution in [3.05, 3.63) is 63.7 Å². The van der Waals surface area contributed by atoms with E-state index in [0.29, 0.717) is 22.8 Å². The molecule has 0 atom stereocenters. The van der Waals surface area contributed by atoms with Gasteiger partial charge in [-0.05, 0) is 26.0 Å². The van der Waals surface area contributed by atoms with Gasteiger partial charge in [0.2, 0.25) is 5.95 Å². The maximum absolute atomic E-state index is 11.0. The van der Waals surface area contributed by atoms with E-state index in [9.17, 15) is 10.1 Å². The first-order chi connectivity index (χ1) is 11.0. The molecule has 23 heavy (non-hydrogen) atoms. The molecule has 0 amide bonds. The Bertz CT molecular complexity index is 881. The minimum absolute atomic E-state index is 0.0841. The summed E-state index contributed by atoms with van der Waals surface area (Å²) >= 11 is 0. The maximum Gasteiger partial charge on any atom is 0.272 e. The molecule has 7 nitrogen and oxygen atoms in total. The fourth-order valence-electron chi connectivity index (χ4n) is 2.24. The van der Waals surface area contributed by atoms with Gasteiger partial charge >= 0.3 is 0 Å². The largest absolute Gasteiger partial charge is 0.323 e. The van der Waals surface area contributed by atoms with E-state index in [0.717, 1.165) is 11.0 Å². The van der Waals surface area contributed by atoms with Crippen molar-refractivity contribution in [2.45, 2.75) is 13.8 Å². The minimum Gasteiger partial charge on any atom is -0.323 e. The number of aryl methyl sites for hydroxylation is 1. The molecular weight excluding hydrogens is 294 g/mol. The van der Waals surface area contributed by atoms with Gasteiger partial charge in [-0.25, -0.2) is 10.4 Å². The highest BCUT2D eigenvalue weighted by molar-refractivity contribution is 5.99. The fourth-order valence-corrected chi connectivity index (χ4v) is 2.24. The number of fused-ring (bicyclic) bond motifs is 1. The van der Waals surface area contributed by atoms with Crippen molar-refractivity contribution in [1.82, 2.24) is 9.97 Å². The molecule has 7 heteroatoms. The Kier molecular flexibility index (Phi) is 3.76. The van der Waals surface area contributed by atoms with E-state index in [1.54, 1.807) is 19.9 Å². The van der Waals surface area contributed by atoms with E-state index in [4.69, 9.17) is 0 Å². The monoisotopic (exact) mass is 309 g/mol. The Morgan fingerprint density at radius 1 is 1.30 bits per heavy atom. The fraction of sp³-hybridized carbons (Fsp3) is 0.125. The molecule has 0 aliphatic carbocycles. The first-order valence-electron chi connectivity index (χ1n) is 7.05. The van der Waals surface area contributed by atoms with Crippen molar-refractivity contribution in [3.63, 3.8) is 0 Å². The van der Waals surface area contributed by atoms with Gasteiger partial charge in [-0.15, -0.1) is 0 Å². The normalized spacial score (nSPS) is 11.7. The molecule has 0 aliphatic heterocycles. The van der Waals surface area contributed by atoms with Crippen molar-refractivity contribution in [1.29, 1.82) is 0 Å². The number of hydrazone groups is 1. The highest BCUT2D eigenvalue weighted by Crippen LogP contribution is 2.20. The van der Waals surface area contributed by atoms with Crippen LogP contribution in [0.25, 0.3) is 11.0 Å². The van der Waals surface area contributed by atoms with Crippen molar-refractivity contribution < 1.29 is 4.92 Å². The first kappa shape index (κ1) is 14.7. The molecule has 1 heterocycles. The summed E-state index contributed by atoms with van der Waals surface area (Å²) in [5.74, 6) is 0.521. The number of rotatable bonds is 4. The molecule has 3 rings (SSSR count). The van der Waals surface area contributed by atoms with Crippen LogP contribution in [-0.4, -0.2) is 20.6 Å². The number of nitro groups is 1. The second kappa shape index (κ2) is 5.88. The van der Waals surface area contributed by atoms with E-state index in [1.165, 1.54) is 6.07 Å². The molecule has 1 aromatic heterocycles. The summed E-state index contributed by atoms with van der Waals surface area (Å²) < 4.78 is 0. The van der Waals surface area contributed by atoms with Crippen LogP contribution in [-0.2, 0) is 0 Å². The first-order valence-corrected chi connectivity index (χ1v) is 7.05. The topological polar surface area (TPSA) is 96.2 Å². The van der Waals surface area contributed by atoms with Crippen LogP contribution in [0.4, 0.5) is 11.6 Å². The van der Waals surface area contributed by atoms with Gasteiger partial charge in [-0.1, -0.05) is 24.3 Å². The standard InChI is InChI=1S/C16H15N5O2/c1-10-7-8-12(9-15(10)21(22)23)11(2)19-20-16-17-13-5-3-4-6-14(13)18-16/h3-9H,1-2H3,(H2,17,18,20)/b19-11+. The molecule has 3 aromatic rings. The van der Waals surface area contributed by atoms with Gasteiger partial charge in [-0.3, -0.25) is 10.1 Å². The number of benzene rings is 2. The van der Waals surface area contributed by atoms with E-state index in [1.807, 2.05) is 30.3 Å². The Balaban J connectivity index is 1.84. The molecule has 0 saturated heterocycles. The molecule has 0 saturated carbocycles. The lowest BCUT2D eigenvalue weighted by Gasteiger charge is -2.03. The number of nitrogens with zero attached hydrogens (tertiary/aromatic N) is 3. The number of hydrogen-bond acceptors (Lipinski definition) is 5. The van der Waals surface area contributed by atoms with Crippen LogP contribution in [0.1, 0.15) is 18.1 Å². The molecule has 0 bridgehead atoms. The predicted molar refractivity (Wildman–Crippen MR) is 89.8 cm³/mol.